The molecule has 0 spiro atoms. The zero-order chi connectivity index (χ0) is 16.2. The van der Waals surface area contributed by atoms with Crippen molar-refractivity contribution in [3.05, 3.63) is 34.3 Å². The van der Waals surface area contributed by atoms with Crippen molar-refractivity contribution in [1.29, 1.82) is 0 Å². The number of likely N-dealkylation sites (N-methyl/N-ethyl adjacent to an activating group) is 1. The van der Waals surface area contributed by atoms with Gasteiger partial charge in [-0.1, -0.05) is 28.1 Å². The fourth-order valence-electron chi connectivity index (χ4n) is 1.84. The van der Waals surface area contributed by atoms with Crippen molar-refractivity contribution in [3.63, 3.8) is 0 Å². The SMILES string of the molecule is CCN(C(=O)OC(C)(C)C)C(C(=O)O)c1ccc(Br)cc1. The lowest BCUT2D eigenvalue weighted by Gasteiger charge is -2.30. The van der Waals surface area contributed by atoms with Gasteiger partial charge < -0.3 is 9.84 Å². The van der Waals surface area contributed by atoms with Crippen LogP contribution < -0.4 is 0 Å². The average molecular weight is 358 g/mol. The summed E-state index contributed by atoms with van der Waals surface area (Å²) in [6, 6.07) is 5.77. The number of carbonyl (C=O) groups is 2. The van der Waals surface area contributed by atoms with Gasteiger partial charge in [0, 0.05) is 11.0 Å². The molecule has 0 radical (unpaired) electrons. The van der Waals surface area contributed by atoms with Crippen LogP contribution in [0.25, 0.3) is 0 Å². The van der Waals surface area contributed by atoms with E-state index >= 15 is 0 Å². The molecule has 0 aliphatic rings. The first-order valence-electron chi connectivity index (χ1n) is 6.63. The number of rotatable bonds is 4. The molecule has 1 unspecified atom stereocenters. The summed E-state index contributed by atoms with van der Waals surface area (Å²) < 4.78 is 6.12. The smallest absolute Gasteiger partial charge is 0.411 e. The van der Waals surface area contributed by atoms with Crippen LogP contribution in [0.4, 0.5) is 4.79 Å². The van der Waals surface area contributed by atoms with Crippen LogP contribution >= 0.6 is 15.9 Å². The third kappa shape index (κ3) is 5.04. The van der Waals surface area contributed by atoms with Gasteiger partial charge in [-0.05, 0) is 45.4 Å². The number of aliphatic carboxylic acids is 1. The third-order valence-corrected chi connectivity index (χ3v) is 3.23. The molecule has 0 fully saturated rings. The van der Waals surface area contributed by atoms with Crippen LogP contribution in [-0.4, -0.2) is 34.2 Å². The van der Waals surface area contributed by atoms with Crippen LogP contribution in [0.1, 0.15) is 39.3 Å². The maximum atomic E-state index is 12.2. The monoisotopic (exact) mass is 357 g/mol. The first-order valence-corrected chi connectivity index (χ1v) is 7.43. The summed E-state index contributed by atoms with van der Waals surface area (Å²) >= 11 is 3.30. The molecule has 0 heterocycles. The zero-order valence-corrected chi connectivity index (χ0v) is 14.2. The average Bonchev–Trinajstić information content (AvgIpc) is 2.34. The second kappa shape index (κ2) is 6.93. The molecule has 5 nitrogen and oxygen atoms in total. The van der Waals surface area contributed by atoms with Crippen molar-refractivity contribution >= 4 is 28.0 Å². The Morgan fingerprint density at radius 2 is 1.81 bits per heavy atom. The topological polar surface area (TPSA) is 66.8 Å². The van der Waals surface area contributed by atoms with Crippen LogP contribution in [-0.2, 0) is 9.53 Å². The first kappa shape index (κ1) is 17.5. The Bertz CT molecular complexity index is 507. The van der Waals surface area contributed by atoms with Crippen LogP contribution in [0.2, 0.25) is 0 Å². The second-order valence-corrected chi connectivity index (χ2v) is 6.47. The van der Waals surface area contributed by atoms with E-state index in [2.05, 4.69) is 15.9 Å². The summed E-state index contributed by atoms with van der Waals surface area (Å²) in [4.78, 5) is 25.0. The van der Waals surface area contributed by atoms with E-state index in [1.54, 1.807) is 52.0 Å². The summed E-state index contributed by atoms with van der Waals surface area (Å²) in [5, 5.41) is 9.48. The van der Waals surface area contributed by atoms with E-state index < -0.39 is 23.7 Å². The number of amides is 1. The Kier molecular flexibility index (Phi) is 5.78. The Morgan fingerprint density at radius 3 is 2.19 bits per heavy atom. The molecule has 0 saturated heterocycles. The molecule has 0 saturated carbocycles. The lowest BCUT2D eigenvalue weighted by Crippen LogP contribution is -2.42. The van der Waals surface area contributed by atoms with E-state index in [1.165, 1.54) is 4.90 Å². The quantitative estimate of drug-likeness (QED) is 0.888. The van der Waals surface area contributed by atoms with Crippen molar-refractivity contribution in [2.24, 2.45) is 0 Å². The third-order valence-electron chi connectivity index (χ3n) is 2.70. The van der Waals surface area contributed by atoms with E-state index in [0.717, 1.165) is 4.47 Å². The highest BCUT2D eigenvalue weighted by Crippen LogP contribution is 2.25. The number of hydrogen-bond acceptors (Lipinski definition) is 3. The van der Waals surface area contributed by atoms with Gasteiger partial charge in [-0.3, -0.25) is 4.90 Å². The summed E-state index contributed by atoms with van der Waals surface area (Å²) in [5.74, 6) is -1.09. The molecule has 1 aromatic rings. The van der Waals surface area contributed by atoms with E-state index in [-0.39, 0.29) is 6.54 Å². The normalized spacial score (nSPS) is 12.6. The van der Waals surface area contributed by atoms with Gasteiger partial charge in [0.15, 0.2) is 6.04 Å². The lowest BCUT2D eigenvalue weighted by molar-refractivity contribution is -0.143. The zero-order valence-electron chi connectivity index (χ0n) is 12.6. The molecule has 6 heteroatoms. The molecule has 0 aliphatic heterocycles. The fourth-order valence-corrected chi connectivity index (χ4v) is 2.10. The predicted octanol–water partition coefficient (Wildman–Crippen LogP) is 3.83. The van der Waals surface area contributed by atoms with E-state index in [0.29, 0.717) is 5.56 Å². The standard InChI is InChI=1S/C15H20BrNO4/c1-5-17(14(20)21-15(2,3)4)12(13(18)19)10-6-8-11(16)9-7-10/h6-9,12H,5H2,1-4H3,(H,18,19). The number of nitrogens with zero attached hydrogens (tertiary/aromatic N) is 1. The Balaban J connectivity index is 3.09. The molecule has 0 aromatic heterocycles. The van der Waals surface area contributed by atoms with E-state index in [9.17, 15) is 14.7 Å². The van der Waals surface area contributed by atoms with E-state index in [1.807, 2.05) is 0 Å². The van der Waals surface area contributed by atoms with Crippen LogP contribution in [0.3, 0.4) is 0 Å². The number of ether oxygens (including phenoxy) is 1. The molecule has 1 atom stereocenters. The van der Waals surface area contributed by atoms with Crippen molar-refractivity contribution < 1.29 is 19.4 Å². The summed E-state index contributed by atoms with van der Waals surface area (Å²) in [7, 11) is 0. The van der Waals surface area contributed by atoms with Crippen molar-refractivity contribution in [3.8, 4) is 0 Å². The molecular weight excluding hydrogens is 338 g/mol. The molecule has 116 valence electrons. The second-order valence-electron chi connectivity index (χ2n) is 5.56. The fraction of sp³-hybridized carbons (Fsp3) is 0.467. The molecule has 1 rings (SSSR count). The van der Waals surface area contributed by atoms with Crippen molar-refractivity contribution in [1.82, 2.24) is 4.90 Å². The van der Waals surface area contributed by atoms with Gasteiger partial charge in [-0.25, -0.2) is 9.59 Å². The maximum Gasteiger partial charge on any atom is 0.411 e. The number of carbonyl (C=O) groups excluding carboxylic acids is 1. The molecule has 21 heavy (non-hydrogen) atoms. The van der Waals surface area contributed by atoms with Gasteiger partial charge in [0.05, 0.1) is 0 Å². The van der Waals surface area contributed by atoms with Crippen LogP contribution in [0.15, 0.2) is 28.7 Å². The van der Waals surface area contributed by atoms with E-state index in [4.69, 9.17) is 4.74 Å². The van der Waals surface area contributed by atoms with Crippen molar-refractivity contribution in [2.75, 3.05) is 6.54 Å². The lowest BCUT2D eigenvalue weighted by atomic mass is 10.1. The van der Waals surface area contributed by atoms with Crippen LogP contribution in [0.5, 0.6) is 0 Å². The predicted molar refractivity (Wildman–Crippen MR) is 83.1 cm³/mol. The highest BCUT2D eigenvalue weighted by atomic mass is 79.9. The molecule has 1 N–H and O–H groups in total. The number of carboxylic acid groups (broad SMARTS) is 1. The number of carboxylic acids is 1. The molecule has 0 aliphatic carbocycles. The van der Waals surface area contributed by atoms with Gasteiger partial charge in [0.25, 0.3) is 0 Å². The number of halogens is 1. The highest BCUT2D eigenvalue weighted by Gasteiger charge is 2.33. The Hall–Kier alpha value is -1.56. The summed E-state index contributed by atoms with van der Waals surface area (Å²) in [5.41, 5.74) is -0.147. The Labute approximate surface area is 133 Å². The molecule has 1 aromatic carbocycles. The van der Waals surface area contributed by atoms with Crippen molar-refractivity contribution in [2.45, 2.75) is 39.3 Å². The van der Waals surface area contributed by atoms with Gasteiger partial charge in [-0.2, -0.15) is 0 Å². The first-order chi connectivity index (χ1) is 9.65. The Morgan fingerprint density at radius 1 is 1.29 bits per heavy atom. The highest BCUT2D eigenvalue weighted by molar-refractivity contribution is 9.10. The number of benzene rings is 1. The number of hydrogen-bond donors (Lipinski definition) is 1. The molecule has 0 bridgehead atoms. The van der Waals surface area contributed by atoms with Crippen LogP contribution in [0, 0.1) is 0 Å². The maximum absolute atomic E-state index is 12.2. The minimum Gasteiger partial charge on any atom is -0.479 e. The summed E-state index contributed by atoms with van der Waals surface area (Å²) in [6.07, 6.45) is -0.639. The molecular formula is C15H20BrNO4. The van der Waals surface area contributed by atoms with Gasteiger partial charge >= 0.3 is 12.1 Å². The largest absolute Gasteiger partial charge is 0.479 e. The minimum atomic E-state index is -1.09. The summed E-state index contributed by atoms with van der Waals surface area (Å²) in [6.45, 7) is 7.19. The van der Waals surface area contributed by atoms with Gasteiger partial charge in [0.2, 0.25) is 0 Å². The molecule has 1 amide bonds. The minimum absolute atomic E-state index is 0.238. The van der Waals surface area contributed by atoms with Gasteiger partial charge in [0.1, 0.15) is 5.60 Å². The van der Waals surface area contributed by atoms with Gasteiger partial charge in [-0.15, -0.1) is 0 Å².